The maximum absolute atomic E-state index is 12.8. The van der Waals surface area contributed by atoms with Crippen LogP contribution in [0.4, 0.5) is 21.7 Å². The number of anilines is 3. The number of hydrogen-bond donors (Lipinski definition) is 3. The van der Waals surface area contributed by atoms with Crippen molar-refractivity contribution in [2.24, 2.45) is 0 Å². The first-order chi connectivity index (χ1) is 9.11. The van der Waals surface area contributed by atoms with Crippen LogP contribution in [0, 0.1) is 5.82 Å². The summed E-state index contributed by atoms with van der Waals surface area (Å²) in [7, 11) is 0. The molecule has 0 saturated carbocycles. The van der Waals surface area contributed by atoms with Gasteiger partial charge in [-0.3, -0.25) is 5.10 Å². The predicted octanol–water partition coefficient (Wildman–Crippen LogP) is 2.05. The van der Waals surface area contributed by atoms with E-state index < -0.39 is 5.97 Å². The number of rotatable bonds is 4. The minimum Gasteiger partial charge on any atom is -0.462 e. The fraction of sp³-hybridized carbons (Fsp3) is 0.167. The Hall–Kier alpha value is -2.57. The van der Waals surface area contributed by atoms with E-state index in [0.29, 0.717) is 5.69 Å². The first kappa shape index (κ1) is 12.9. The van der Waals surface area contributed by atoms with Crippen LogP contribution in [-0.4, -0.2) is 22.8 Å². The number of halogens is 1. The molecule has 0 saturated heterocycles. The molecule has 19 heavy (non-hydrogen) atoms. The number of carbonyl (C=O) groups is 1. The minimum absolute atomic E-state index is 0.114. The Morgan fingerprint density at radius 3 is 2.79 bits per heavy atom. The molecule has 0 amide bonds. The lowest BCUT2D eigenvalue weighted by Crippen LogP contribution is -2.08. The summed E-state index contributed by atoms with van der Waals surface area (Å²) in [4.78, 5) is 11.7. The molecular formula is C12H13FN4O2. The van der Waals surface area contributed by atoms with Gasteiger partial charge in [-0.1, -0.05) is 0 Å². The van der Waals surface area contributed by atoms with Gasteiger partial charge in [0.1, 0.15) is 17.2 Å². The zero-order chi connectivity index (χ0) is 13.8. The van der Waals surface area contributed by atoms with Gasteiger partial charge in [0, 0.05) is 5.69 Å². The van der Waals surface area contributed by atoms with E-state index in [2.05, 4.69) is 15.5 Å². The maximum Gasteiger partial charge on any atom is 0.345 e. The summed E-state index contributed by atoms with van der Waals surface area (Å²) in [5.41, 5.74) is 6.34. The number of carbonyl (C=O) groups excluding carboxylic acids is 1. The van der Waals surface area contributed by atoms with Crippen molar-refractivity contribution >= 4 is 23.3 Å². The van der Waals surface area contributed by atoms with Crippen LogP contribution in [0.25, 0.3) is 0 Å². The van der Waals surface area contributed by atoms with Crippen LogP contribution in [0.3, 0.4) is 0 Å². The van der Waals surface area contributed by atoms with Gasteiger partial charge in [-0.25, -0.2) is 9.18 Å². The van der Waals surface area contributed by atoms with Crippen LogP contribution < -0.4 is 11.1 Å². The van der Waals surface area contributed by atoms with Gasteiger partial charge in [-0.2, -0.15) is 5.10 Å². The molecule has 100 valence electrons. The van der Waals surface area contributed by atoms with E-state index in [-0.39, 0.29) is 29.6 Å². The molecule has 0 atom stereocenters. The maximum atomic E-state index is 12.8. The molecule has 0 spiro atoms. The number of H-pyrrole nitrogens is 1. The largest absolute Gasteiger partial charge is 0.462 e. The second-order valence-electron chi connectivity index (χ2n) is 3.71. The molecule has 0 bridgehead atoms. The van der Waals surface area contributed by atoms with Gasteiger partial charge in [0.05, 0.1) is 6.61 Å². The molecule has 1 heterocycles. The molecule has 2 rings (SSSR count). The van der Waals surface area contributed by atoms with Gasteiger partial charge in [0.15, 0.2) is 5.82 Å². The average molecular weight is 264 g/mol. The standard InChI is InChI=1S/C12H13FN4O2/c1-2-19-12(18)9-10(14)16-17-11(9)15-8-5-3-7(13)4-6-8/h3-6H,2H2,1H3,(H4,14,15,16,17). The molecule has 0 aliphatic carbocycles. The second-order valence-corrected chi connectivity index (χ2v) is 3.71. The summed E-state index contributed by atoms with van der Waals surface area (Å²) in [6, 6.07) is 5.63. The number of aromatic amines is 1. The van der Waals surface area contributed by atoms with Crippen LogP contribution in [0.15, 0.2) is 24.3 Å². The number of ether oxygens (including phenoxy) is 1. The third-order valence-electron chi connectivity index (χ3n) is 2.38. The first-order valence-corrected chi connectivity index (χ1v) is 5.65. The topological polar surface area (TPSA) is 93.0 Å². The number of nitrogen functional groups attached to an aromatic ring is 1. The Bertz CT molecular complexity index is 580. The van der Waals surface area contributed by atoms with Crippen LogP contribution >= 0.6 is 0 Å². The third kappa shape index (κ3) is 2.82. The summed E-state index contributed by atoms with van der Waals surface area (Å²) in [5.74, 6) is -0.568. The van der Waals surface area contributed by atoms with Gasteiger partial charge in [-0.15, -0.1) is 0 Å². The Labute approximate surface area is 108 Å². The van der Waals surface area contributed by atoms with E-state index >= 15 is 0 Å². The molecular weight excluding hydrogens is 251 g/mol. The predicted molar refractivity (Wildman–Crippen MR) is 68.6 cm³/mol. The monoisotopic (exact) mass is 264 g/mol. The van der Waals surface area contributed by atoms with Crippen molar-refractivity contribution < 1.29 is 13.9 Å². The fourth-order valence-electron chi connectivity index (χ4n) is 1.53. The van der Waals surface area contributed by atoms with Gasteiger partial charge < -0.3 is 15.8 Å². The van der Waals surface area contributed by atoms with Crippen LogP contribution in [0.2, 0.25) is 0 Å². The summed E-state index contributed by atoms with van der Waals surface area (Å²) >= 11 is 0. The summed E-state index contributed by atoms with van der Waals surface area (Å²) in [6.07, 6.45) is 0. The number of nitrogens with two attached hydrogens (primary N) is 1. The number of aromatic nitrogens is 2. The highest BCUT2D eigenvalue weighted by molar-refractivity contribution is 6.00. The second kappa shape index (κ2) is 5.38. The molecule has 1 aromatic heterocycles. The zero-order valence-corrected chi connectivity index (χ0v) is 10.2. The molecule has 7 heteroatoms. The van der Waals surface area contributed by atoms with E-state index in [9.17, 15) is 9.18 Å². The van der Waals surface area contributed by atoms with E-state index in [4.69, 9.17) is 10.5 Å². The number of nitrogens with one attached hydrogen (secondary N) is 2. The Balaban J connectivity index is 2.25. The molecule has 0 aliphatic heterocycles. The van der Waals surface area contributed by atoms with Gasteiger partial charge in [-0.05, 0) is 31.2 Å². The summed E-state index contributed by atoms with van der Waals surface area (Å²) < 4.78 is 17.7. The van der Waals surface area contributed by atoms with Crippen molar-refractivity contribution in [2.45, 2.75) is 6.92 Å². The van der Waals surface area contributed by atoms with Crippen LogP contribution in [0.5, 0.6) is 0 Å². The van der Waals surface area contributed by atoms with Crippen molar-refractivity contribution in [3.63, 3.8) is 0 Å². The highest BCUT2D eigenvalue weighted by Crippen LogP contribution is 2.23. The van der Waals surface area contributed by atoms with Crippen LogP contribution in [0.1, 0.15) is 17.3 Å². The van der Waals surface area contributed by atoms with E-state index in [1.54, 1.807) is 6.92 Å². The van der Waals surface area contributed by atoms with Crippen molar-refractivity contribution in [1.82, 2.24) is 10.2 Å². The Morgan fingerprint density at radius 2 is 2.16 bits per heavy atom. The number of hydrogen-bond acceptors (Lipinski definition) is 5. The first-order valence-electron chi connectivity index (χ1n) is 5.65. The SMILES string of the molecule is CCOC(=O)c1c(Nc2ccc(F)cc2)n[nH]c1N. The minimum atomic E-state index is -0.571. The van der Waals surface area contributed by atoms with Crippen molar-refractivity contribution in [3.05, 3.63) is 35.6 Å². The molecule has 1 aromatic carbocycles. The molecule has 0 radical (unpaired) electrons. The fourth-order valence-corrected chi connectivity index (χ4v) is 1.53. The molecule has 0 aliphatic rings. The quantitative estimate of drug-likeness (QED) is 0.735. The van der Waals surface area contributed by atoms with Gasteiger partial charge in [0.2, 0.25) is 0 Å². The molecule has 0 unspecified atom stereocenters. The number of esters is 1. The van der Waals surface area contributed by atoms with Crippen molar-refractivity contribution in [1.29, 1.82) is 0 Å². The Kier molecular flexibility index (Phi) is 3.65. The molecule has 0 fully saturated rings. The van der Waals surface area contributed by atoms with E-state index in [1.165, 1.54) is 24.3 Å². The Morgan fingerprint density at radius 1 is 1.47 bits per heavy atom. The number of benzene rings is 1. The lowest BCUT2D eigenvalue weighted by Gasteiger charge is -2.06. The van der Waals surface area contributed by atoms with E-state index in [0.717, 1.165) is 0 Å². The lowest BCUT2D eigenvalue weighted by atomic mass is 10.2. The number of nitrogens with zero attached hydrogens (tertiary/aromatic N) is 1. The normalized spacial score (nSPS) is 10.2. The average Bonchev–Trinajstić information content (AvgIpc) is 2.74. The molecule has 2 aromatic rings. The van der Waals surface area contributed by atoms with Gasteiger partial charge in [0.25, 0.3) is 0 Å². The smallest absolute Gasteiger partial charge is 0.345 e. The van der Waals surface area contributed by atoms with E-state index in [1.807, 2.05) is 0 Å². The molecule has 6 nitrogen and oxygen atoms in total. The third-order valence-corrected chi connectivity index (χ3v) is 2.38. The summed E-state index contributed by atoms with van der Waals surface area (Å²) in [6.45, 7) is 1.93. The van der Waals surface area contributed by atoms with Crippen molar-refractivity contribution in [3.8, 4) is 0 Å². The lowest BCUT2D eigenvalue weighted by molar-refractivity contribution is 0.0529. The molecule has 4 N–H and O–H groups in total. The zero-order valence-electron chi connectivity index (χ0n) is 10.2. The van der Waals surface area contributed by atoms with Gasteiger partial charge >= 0.3 is 5.97 Å². The highest BCUT2D eigenvalue weighted by Gasteiger charge is 2.20. The van der Waals surface area contributed by atoms with Crippen molar-refractivity contribution in [2.75, 3.05) is 17.7 Å². The highest BCUT2D eigenvalue weighted by atomic mass is 19.1. The summed E-state index contributed by atoms with van der Waals surface area (Å²) in [5, 5.41) is 9.25. The van der Waals surface area contributed by atoms with Crippen LogP contribution in [-0.2, 0) is 4.74 Å².